The molecule has 9 nitrogen and oxygen atoms in total. The van der Waals surface area contributed by atoms with Gasteiger partial charge in [-0.25, -0.2) is 4.79 Å². The van der Waals surface area contributed by atoms with Crippen LogP contribution in [0.15, 0.2) is 53.3 Å². The van der Waals surface area contributed by atoms with Crippen molar-refractivity contribution < 1.29 is 19.2 Å². The second kappa shape index (κ2) is 7.89. The number of carbonyl (C=O) groups is 2. The number of aromatic amines is 1. The Morgan fingerprint density at radius 2 is 1.93 bits per heavy atom. The summed E-state index contributed by atoms with van der Waals surface area (Å²) in [4.78, 5) is 49.0. The van der Waals surface area contributed by atoms with Crippen molar-refractivity contribution in [3.05, 3.63) is 79.6 Å². The van der Waals surface area contributed by atoms with Crippen LogP contribution in [0.25, 0.3) is 10.9 Å². The number of amides is 1. The van der Waals surface area contributed by atoms with Crippen molar-refractivity contribution in [2.45, 2.75) is 0 Å². The van der Waals surface area contributed by atoms with E-state index < -0.39 is 34.7 Å². The smallest absolute Gasteiger partial charge is 0.339 e. The first kappa shape index (κ1) is 19.1. The van der Waals surface area contributed by atoms with Gasteiger partial charge in [0.15, 0.2) is 6.61 Å². The van der Waals surface area contributed by atoms with Gasteiger partial charge in [-0.05, 0) is 18.2 Å². The van der Waals surface area contributed by atoms with Crippen LogP contribution in [0.4, 0.5) is 11.4 Å². The number of nitrogens with one attached hydrogen (secondary N) is 2. The SMILES string of the molecule is O=C(COC(=O)c1cc(=O)[nH]c2ccccc12)Nc1ccc(Cl)cc1[N+](=O)[O-]. The third-order valence-corrected chi connectivity index (χ3v) is 3.97. The molecule has 0 aliphatic heterocycles. The summed E-state index contributed by atoms with van der Waals surface area (Å²) >= 11 is 5.71. The van der Waals surface area contributed by atoms with Crippen molar-refractivity contribution in [1.82, 2.24) is 4.98 Å². The van der Waals surface area contributed by atoms with Crippen molar-refractivity contribution in [2.24, 2.45) is 0 Å². The average molecular weight is 402 g/mol. The van der Waals surface area contributed by atoms with E-state index in [-0.39, 0.29) is 16.3 Å². The zero-order valence-electron chi connectivity index (χ0n) is 14.1. The predicted molar refractivity (Wildman–Crippen MR) is 102 cm³/mol. The number of nitrogens with zero attached hydrogens (tertiary/aromatic N) is 1. The van der Waals surface area contributed by atoms with Gasteiger partial charge in [-0.3, -0.25) is 19.7 Å². The second-order valence-electron chi connectivity index (χ2n) is 5.64. The average Bonchev–Trinajstić information content (AvgIpc) is 2.66. The Balaban J connectivity index is 1.73. The Bertz CT molecular complexity index is 1160. The van der Waals surface area contributed by atoms with E-state index in [9.17, 15) is 24.5 Å². The largest absolute Gasteiger partial charge is 0.452 e. The summed E-state index contributed by atoms with van der Waals surface area (Å²) in [5.41, 5.74) is -0.524. The van der Waals surface area contributed by atoms with Crippen molar-refractivity contribution in [1.29, 1.82) is 0 Å². The number of hydrogen-bond acceptors (Lipinski definition) is 6. The molecule has 0 saturated heterocycles. The number of fused-ring (bicyclic) bond motifs is 1. The van der Waals surface area contributed by atoms with Gasteiger partial charge in [-0.2, -0.15) is 0 Å². The molecule has 0 spiro atoms. The molecule has 0 radical (unpaired) electrons. The summed E-state index contributed by atoms with van der Waals surface area (Å²) in [6.45, 7) is -0.695. The Morgan fingerprint density at radius 3 is 2.68 bits per heavy atom. The lowest BCUT2D eigenvalue weighted by Gasteiger charge is -2.08. The number of nitro groups is 1. The maximum atomic E-state index is 12.3. The Labute approximate surface area is 162 Å². The minimum absolute atomic E-state index is 0.00428. The molecular weight excluding hydrogens is 390 g/mol. The van der Waals surface area contributed by atoms with Crippen molar-refractivity contribution in [2.75, 3.05) is 11.9 Å². The van der Waals surface area contributed by atoms with E-state index in [0.717, 1.165) is 12.1 Å². The highest BCUT2D eigenvalue weighted by Gasteiger charge is 2.18. The van der Waals surface area contributed by atoms with Gasteiger partial charge in [0.2, 0.25) is 5.56 Å². The summed E-state index contributed by atoms with van der Waals surface area (Å²) in [6, 6.07) is 11.4. The molecule has 2 N–H and O–H groups in total. The fraction of sp³-hybridized carbons (Fsp3) is 0.0556. The van der Waals surface area contributed by atoms with Crippen LogP contribution in [0.5, 0.6) is 0 Å². The number of para-hydroxylation sites is 1. The molecule has 1 heterocycles. The molecule has 0 bridgehead atoms. The third-order valence-electron chi connectivity index (χ3n) is 3.74. The lowest BCUT2D eigenvalue weighted by atomic mass is 10.1. The molecular formula is C18H12ClN3O6. The highest BCUT2D eigenvalue weighted by molar-refractivity contribution is 6.31. The Morgan fingerprint density at radius 1 is 1.18 bits per heavy atom. The van der Waals surface area contributed by atoms with Gasteiger partial charge in [0, 0.05) is 28.1 Å². The molecule has 3 rings (SSSR count). The van der Waals surface area contributed by atoms with Crippen molar-refractivity contribution >= 4 is 45.8 Å². The van der Waals surface area contributed by atoms with E-state index in [1.807, 2.05) is 0 Å². The molecule has 0 unspecified atom stereocenters. The zero-order chi connectivity index (χ0) is 20.3. The van der Waals surface area contributed by atoms with E-state index in [1.165, 1.54) is 12.1 Å². The number of anilines is 1. The maximum Gasteiger partial charge on any atom is 0.339 e. The molecule has 3 aromatic rings. The van der Waals surface area contributed by atoms with Gasteiger partial charge < -0.3 is 15.0 Å². The molecule has 1 aromatic heterocycles. The summed E-state index contributed by atoms with van der Waals surface area (Å²) in [6.07, 6.45) is 0. The zero-order valence-corrected chi connectivity index (χ0v) is 14.9. The normalized spacial score (nSPS) is 10.5. The first-order valence-electron chi connectivity index (χ1n) is 7.88. The molecule has 2 aromatic carbocycles. The molecule has 0 saturated carbocycles. The minimum atomic E-state index is -0.872. The number of aromatic nitrogens is 1. The fourth-order valence-corrected chi connectivity index (χ4v) is 2.70. The Kier molecular flexibility index (Phi) is 5.37. The first-order valence-corrected chi connectivity index (χ1v) is 8.26. The summed E-state index contributed by atoms with van der Waals surface area (Å²) in [5.74, 6) is -1.66. The van der Waals surface area contributed by atoms with Crippen LogP contribution in [0.3, 0.4) is 0 Å². The van der Waals surface area contributed by atoms with Gasteiger partial charge in [-0.15, -0.1) is 0 Å². The number of hydrogen-bond donors (Lipinski definition) is 2. The summed E-state index contributed by atoms with van der Waals surface area (Å²) in [7, 11) is 0. The first-order chi connectivity index (χ1) is 13.3. The summed E-state index contributed by atoms with van der Waals surface area (Å²) < 4.78 is 4.95. The molecule has 10 heteroatoms. The van der Waals surface area contributed by atoms with E-state index in [0.29, 0.717) is 10.9 Å². The van der Waals surface area contributed by atoms with Crippen LogP contribution in [0.1, 0.15) is 10.4 Å². The van der Waals surface area contributed by atoms with Crippen LogP contribution in [0, 0.1) is 10.1 Å². The van der Waals surface area contributed by atoms with Crippen molar-refractivity contribution in [3.8, 4) is 0 Å². The van der Waals surface area contributed by atoms with Crippen LogP contribution in [0.2, 0.25) is 5.02 Å². The van der Waals surface area contributed by atoms with Gasteiger partial charge in [0.1, 0.15) is 5.69 Å². The summed E-state index contributed by atoms with van der Waals surface area (Å²) in [5, 5.41) is 13.9. The van der Waals surface area contributed by atoms with Crippen LogP contribution in [-0.4, -0.2) is 28.4 Å². The van der Waals surface area contributed by atoms with Crippen LogP contribution >= 0.6 is 11.6 Å². The van der Waals surface area contributed by atoms with Crippen LogP contribution < -0.4 is 10.9 Å². The fourth-order valence-electron chi connectivity index (χ4n) is 2.53. The quantitative estimate of drug-likeness (QED) is 0.384. The number of halogens is 1. The third kappa shape index (κ3) is 4.15. The van der Waals surface area contributed by atoms with Gasteiger partial charge >= 0.3 is 5.97 Å². The number of pyridine rings is 1. The van der Waals surface area contributed by atoms with Gasteiger partial charge in [0.25, 0.3) is 11.6 Å². The highest BCUT2D eigenvalue weighted by Crippen LogP contribution is 2.27. The molecule has 0 aliphatic carbocycles. The number of ether oxygens (including phenoxy) is 1. The molecule has 0 atom stereocenters. The molecule has 142 valence electrons. The number of carbonyl (C=O) groups excluding carboxylic acids is 2. The minimum Gasteiger partial charge on any atom is -0.452 e. The number of benzene rings is 2. The molecule has 1 amide bonds. The van der Waals surface area contributed by atoms with E-state index in [2.05, 4.69) is 10.3 Å². The lowest BCUT2D eigenvalue weighted by molar-refractivity contribution is -0.383. The number of esters is 1. The number of rotatable bonds is 5. The molecule has 0 fully saturated rings. The molecule has 28 heavy (non-hydrogen) atoms. The van der Waals surface area contributed by atoms with Crippen molar-refractivity contribution in [3.63, 3.8) is 0 Å². The highest BCUT2D eigenvalue weighted by atomic mass is 35.5. The second-order valence-corrected chi connectivity index (χ2v) is 6.07. The van der Waals surface area contributed by atoms with Gasteiger partial charge in [0.05, 0.1) is 10.5 Å². The van der Waals surface area contributed by atoms with E-state index in [1.54, 1.807) is 24.3 Å². The predicted octanol–water partition coefficient (Wildman–Crippen LogP) is 2.89. The monoisotopic (exact) mass is 401 g/mol. The molecule has 0 aliphatic rings. The number of H-pyrrole nitrogens is 1. The standard InChI is InChI=1S/C18H12ClN3O6/c19-10-5-6-14(15(7-10)22(26)27)21-17(24)9-28-18(25)12-8-16(23)20-13-4-2-1-3-11(12)13/h1-8H,9H2,(H,20,23)(H,21,24). The maximum absolute atomic E-state index is 12.3. The van der Waals surface area contributed by atoms with Crippen LogP contribution in [-0.2, 0) is 9.53 Å². The topological polar surface area (TPSA) is 131 Å². The Hall–Kier alpha value is -3.72. The van der Waals surface area contributed by atoms with Gasteiger partial charge in [-0.1, -0.05) is 29.8 Å². The van der Waals surface area contributed by atoms with E-state index in [4.69, 9.17) is 16.3 Å². The lowest BCUT2D eigenvalue weighted by Crippen LogP contribution is -2.22. The van der Waals surface area contributed by atoms with E-state index >= 15 is 0 Å². The number of nitro benzene ring substituents is 1.